The van der Waals surface area contributed by atoms with Gasteiger partial charge in [-0.3, -0.25) is 0 Å². The Kier molecular flexibility index (Phi) is 6.97. The maximum Gasteiger partial charge on any atom is 0.349 e. The molecule has 0 amide bonds. The molecule has 6 nitrogen and oxygen atoms in total. The number of hydrogen-bond acceptors (Lipinski definition) is 6. The number of carbonyl (C=O) groups is 1. The van der Waals surface area contributed by atoms with Crippen molar-refractivity contribution in [3.05, 3.63) is 98.9 Å². The van der Waals surface area contributed by atoms with Crippen molar-refractivity contribution >= 4 is 29.2 Å². The molecule has 0 radical (unpaired) electrons. The molecule has 0 spiro atoms. The first-order chi connectivity index (χ1) is 16.4. The first-order valence-electron chi connectivity index (χ1n) is 10.5. The van der Waals surface area contributed by atoms with E-state index >= 15 is 0 Å². The molecule has 2 N–H and O–H groups in total. The summed E-state index contributed by atoms with van der Waals surface area (Å²) in [6.45, 7) is 1.80. The van der Waals surface area contributed by atoms with Crippen molar-refractivity contribution in [1.82, 2.24) is 0 Å². The molecule has 0 saturated heterocycles. The van der Waals surface area contributed by atoms with Crippen LogP contribution >= 0.6 is 23.2 Å². The first-order valence-corrected chi connectivity index (χ1v) is 11.2. The lowest BCUT2D eigenvalue weighted by Crippen LogP contribution is -2.22. The van der Waals surface area contributed by atoms with E-state index in [4.69, 9.17) is 43.1 Å². The number of allylic oxidation sites excluding steroid dienone is 1. The van der Waals surface area contributed by atoms with E-state index in [0.29, 0.717) is 32.7 Å². The number of esters is 1. The summed E-state index contributed by atoms with van der Waals surface area (Å²) < 4.78 is 16.6. The van der Waals surface area contributed by atoms with Crippen molar-refractivity contribution in [2.75, 3.05) is 6.61 Å². The molecule has 0 saturated carbocycles. The third kappa shape index (κ3) is 4.96. The predicted molar refractivity (Wildman–Crippen MR) is 129 cm³/mol. The minimum Gasteiger partial charge on any atom is -0.482 e. The number of nitrogens with zero attached hydrogens (tertiary/aromatic N) is 1. The highest BCUT2D eigenvalue weighted by atomic mass is 35.5. The first kappa shape index (κ1) is 23.5. The zero-order valence-electron chi connectivity index (χ0n) is 18.2. The number of halogens is 2. The molecule has 4 rings (SSSR count). The van der Waals surface area contributed by atoms with Crippen LogP contribution in [-0.4, -0.2) is 12.6 Å². The second-order valence-electron chi connectivity index (χ2n) is 7.55. The summed E-state index contributed by atoms with van der Waals surface area (Å²) >= 11 is 12.5. The van der Waals surface area contributed by atoms with Gasteiger partial charge in [-0.05, 0) is 47.9 Å². The molecule has 1 aliphatic rings. The summed E-state index contributed by atoms with van der Waals surface area (Å²) in [6.07, 6.45) is 0.920. The molecule has 0 fully saturated rings. The average Bonchev–Trinajstić information content (AvgIpc) is 2.82. The van der Waals surface area contributed by atoms with Crippen LogP contribution in [0.15, 0.2) is 72.1 Å². The summed E-state index contributed by atoms with van der Waals surface area (Å²) in [6, 6.07) is 19.5. The minimum atomic E-state index is -0.575. The van der Waals surface area contributed by atoms with Gasteiger partial charge in [-0.25, -0.2) is 4.79 Å². The Bertz CT molecular complexity index is 1310. The smallest absolute Gasteiger partial charge is 0.349 e. The molecule has 1 heterocycles. The zero-order valence-corrected chi connectivity index (χ0v) is 19.7. The number of rotatable bonds is 6. The van der Waals surface area contributed by atoms with Gasteiger partial charge in [0.2, 0.25) is 5.88 Å². The van der Waals surface area contributed by atoms with Gasteiger partial charge in [0.25, 0.3) is 0 Å². The number of fused-ring (bicyclic) bond motifs is 1. The molecule has 172 valence electrons. The van der Waals surface area contributed by atoms with Crippen molar-refractivity contribution in [1.29, 1.82) is 5.26 Å². The monoisotopic (exact) mass is 494 g/mol. The average molecular weight is 495 g/mol. The van der Waals surface area contributed by atoms with Gasteiger partial charge in [0, 0.05) is 21.7 Å². The molecule has 3 aromatic rings. The molecule has 1 unspecified atom stereocenters. The van der Waals surface area contributed by atoms with Crippen molar-refractivity contribution in [2.24, 2.45) is 5.73 Å². The Morgan fingerprint density at radius 1 is 1.06 bits per heavy atom. The molecule has 0 aromatic heterocycles. The molecule has 1 atom stereocenters. The molecule has 8 heteroatoms. The zero-order chi connectivity index (χ0) is 24.2. The van der Waals surface area contributed by atoms with Gasteiger partial charge in [-0.2, -0.15) is 5.26 Å². The SMILES string of the molecule is CCc1ccc(OCC(=O)Oc2ccc3c(c2)OC(N)=C(C#N)C3c2ccc(Cl)cc2Cl)cc1. The summed E-state index contributed by atoms with van der Waals surface area (Å²) in [7, 11) is 0. The summed E-state index contributed by atoms with van der Waals surface area (Å²) in [4.78, 5) is 12.3. The fourth-order valence-electron chi connectivity index (χ4n) is 3.68. The molecule has 0 bridgehead atoms. The Labute approximate surface area is 207 Å². The van der Waals surface area contributed by atoms with Gasteiger partial charge in [0.15, 0.2) is 6.61 Å². The van der Waals surface area contributed by atoms with Crippen molar-refractivity contribution in [3.8, 4) is 23.3 Å². The van der Waals surface area contributed by atoms with Crippen LogP contribution in [-0.2, 0) is 11.2 Å². The van der Waals surface area contributed by atoms with E-state index in [9.17, 15) is 10.1 Å². The molecule has 1 aliphatic heterocycles. The van der Waals surface area contributed by atoms with E-state index in [0.717, 1.165) is 6.42 Å². The van der Waals surface area contributed by atoms with Gasteiger partial charge >= 0.3 is 5.97 Å². The quantitative estimate of drug-likeness (QED) is 0.345. The van der Waals surface area contributed by atoms with E-state index in [1.54, 1.807) is 36.4 Å². The van der Waals surface area contributed by atoms with Crippen molar-refractivity contribution < 1.29 is 19.0 Å². The van der Waals surface area contributed by atoms with Gasteiger partial charge in [-0.15, -0.1) is 0 Å². The van der Waals surface area contributed by atoms with Crippen LogP contribution in [0.1, 0.15) is 29.5 Å². The summed E-state index contributed by atoms with van der Waals surface area (Å²) in [5.41, 5.74) is 8.75. The Hall–Kier alpha value is -3.66. The maximum atomic E-state index is 12.3. The molecular formula is C26H20Cl2N2O4. The number of nitrogens with two attached hydrogens (primary N) is 1. The highest BCUT2D eigenvalue weighted by Gasteiger charge is 2.32. The Morgan fingerprint density at radius 3 is 2.44 bits per heavy atom. The van der Waals surface area contributed by atoms with Crippen LogP contribution in [0.25, 0.3) is 0 Å². The standard InChI is InChI=1S/C26H20Cl2N2O4/c1-2-15-3-6-17(7-4-15)32-14-24(31)33-18-8-10-20-23(12-18)34-26(30)21(13-29)25(20)19-9-5-16(27)11-22(19)28/h3-12,25H,2,14,30H2,1H3. The second kappa shape index (κ2) is 10.1. The van der Waals surface area contributed by atoms with Gasteiger partial charge in [-0.1, -0.05) is 54.4 Å². The molecule has 3 aromatic carbocycles. The van der Waals surface area contributed by atoms with Crippen LogP contribution in [0, 0.1) is 11.3 Å². The number of aryl methyl sites for hydroxylation is 1. The molecule has 0 aliphatic carbocycles. The molecular weight excluding hydrogens is 475 g/mol. The second-order valence-corrected chi connectivity index (χ2v) is 8.39. The number of ether oxygens (including phenoxy) is 3. The van der Waals surface area contributed by atoms with Gasteiger partial charge < -0.3 is 19.9 Å². The van der Waals surface area contributed by atoms with Crippen LogP contribution in [0.3, 0.4) is 0 Å². The van der Waals surface area contributed by atoms with E-state index in [-0.39, 0.29) is 23.8 Å². The molecule has 34 heavy (non-hydrogen) atoms. The lowest BCUT2D eigenvalue weighted by Gasteiger charge is -2.27. The van der Waals surface area contributed by atoms with E-state index in [1.165, 1.54) is 5.56 Å². The summed E-state index contributed by atoms with van der Waals surface area (Å²) in [5, 5.41) is 10.6. The van der Waals surface area contributed by atoms with Gasteiger partial charge in [0.05, 0.1) is 5.92 Å². The normalized spacial score (nSPS) is 14.6. The van der Waals surface area contributed by atoms with E-state index < -0.39 is 11.9 Å². The fourth-order valence-corrected chi connectivity index (χ4v) is 4.20. The largest absolute Gasteiger partial charge is 0.482 e. The Morgan fingerprint density at radius 2 is 1.76 bits per heavy atom. The van der Waals surface area contributed by atoms with Crippen LogP contribution < -0.4 is 19.9 Å². The van der Waals surface area contributed by atoms with E-state index in [2.05, 4.69) is 13.0 Å². The van der Waals surface area contributed by atoms with Crippen LogP contribution in [0.4, 0.5) is 0 Å². The highest BCUT2D eigenvalue weighted by molar-refractivity contribution is 6.35. The van der Waals surface area contributed by atoms with E-state index in [1.807, 2.05) is 24.3 Å². The topological polar surface area (TPSA) is 94.6 Å². The third-order valence-corrected chi connectivity index (χ3v) is 5.95. The third-order valence-electron chi connectivity index (χ3n) is 5.38. The summed E-state index contributed by atoms with van der Waals surface area (Å²) in [5.74, 6) is 0.00387. The number of benzene rings is 3. The number of hydrogen-bond donors (Lipinski definition) is 1. The fraction of sp³-hybridized carbons (Fsp3) is 0.154. The predicted octanol–water partition coefficient (Wildman–Crippen LogP) is 5.76. The lowest BCUT2D eigenvalue weighted by atomic mass is 9.83. The lowest BCUT2D eigenvalue weighted by molar-refractivity contribution is -0.136. The van der Waals surface area contributed by atoms with Crippen LogP contribution in [0.5, 0.6) is 17.2 Å². The Balaban J connectivity index is 1.54. The van der Waals surface area contributed by atoms with Crippen molar-refractivity contribution in [3.63, 3.8) is 0 Å². The number of carbonyl (C=O) groups excluding carboxylic acids is 1. The van der Waals surface area contributed by atoms with Crippen LogP contribution in [0.2, 0.25) is 10.0 Å². The highest BCUT2D eigenvalue weighted by Crippen LogP contribution is 2.45. The minimum absolute atomic E-state index is 0.0478. The number of nitriles is 1. The van der Waals surface area contributed by atoms with Gasteiger partial charge in [0.1, 0.15) is 28.9 Å². The maximum absolute atomic E-state index is 12.3. The van der Waals surface area contributed by atoms with Crippen molar-refractivity contribution in [2.45, 2.75) is 19.3 Å².